The monoisotopic (exact) mass is 653 g/mol. The number of nitrogens with zero attached hydrogens (tertiary/aromatic N) is 5. The van der Waals surface area contributed by atoms with E-state index in [-0.39, 0.29) is 5.75 Å². The summed E-state index contributed by atoms with van der Waals surface area (Å²) in [5.74, 6) is 2.53. The number of para-hydroxylation sites is 1. The van der Waals surface area contributed by atoms with E-state index in [0.29, 0.717) is 46.2 Å². The molecule has 1 N–H and O–H groups in total. The van der Waals surface area contributed by atoms with Crippen molar-refractivity contribution in [1.29, 1.82) is 0 Å². The van der Waals surface area contributed by atoms with E-state index in [4.69, 9.17) is 20.8 Å². The lowest BCUT2D eigenvalue weighted by Crippen LogP contribution is -2.14. The zero-order valence-corrected chi connectivity index (χ0v) is 23.6. The number of aromatic nitrogens is 4. The zero-order valence-electron chi connectivity index (χ0n) is 19.0. The highest BCUT2D eigenvalue weighted by atomic mass is 127. The van der Waals surface area contributed by atoms with Gasteiger partial charge in [0.15, 0.2) is 5.76 Å². The van der Waals surface area contributed by atoms with Crippen LogP contribution in [0.15, 0.2) is 71.5 Å². The molecule has 12 heteroatoms. The molecule has 0 atom stereocenters. The van der Waals surface area contributed by atoms with Gasteiger partial charge in [-0.1, -0.05) is 39.3 Å². The van der Waals surface area contributed by atoms with Gasteiger partial charge in [-0.25, -0.2) is 0 Å². The van der Waals surface area contributed by atoms with E-state index in [0.717, 1.165) is 11.3 Å². The van der Waals surface area contributed by atoms with Crippen LogP contribution in [0.5, 0.6) is 11.5 Å². The number of benzene rings is 1. The number of phenolic OH excluding ortho intramolecular Hbond substituents is 1. The summed E-state index contributed by atoms with van der Waals surface area (Å²) in [5.41, 5.74) is 2.20. The molecule has 4 aromatic rings. The first kappa shape index (κ1) is 26.5. The number of methoxy groups -OCH3 is 1. The fraction of sp³-hybridized carbons (Fsp3) is 0.125. The number of rotatable bonds is 11. The molecule has 0 bridgehead atoms. The van der Waals surface area contributed by atoms with Crippen molar-refractivity contribution in [1.82, 2.24) is 19.7 Å². The number of hydrogen-bond donors (Lipinski definition) is 1. The van der Waals surface area contributed by atoms with Gasteiger partial charge in [-0.15, -0.1) is 10.2 Å². The van der Waals surface area contributed by atoms with Crippen LogP contribution in [0.25, 0.3) is 23.3 Å². The number of aryl methyl sites for hydroxylation is 1. The molecule has 186 valence electrons. The van der Waals surface area contributed by atoms with Gasteiger partial charge in [0.1, 0.15) is 17.2 Å². The first-order valence-electron chi connectivity index (χ1n) is 10.6. The van der Waals surface area contributed by atoms with Crippen LogP contribution in [0.4, 0.5) is 5.95 Å². The average molecular weight is 654 g/mol. The van der Waals surface area contributed by atoms with Crippen LogP contribution in [0.2, 0.25) is 5.02 Å². The van der Waals surface area contributed by atoms with Gasteiger partial charge in [-0.05, 0) is 53.3 Å². The maximum atomic E-state index is 10.8. The van der Waals surface area contributed by atoms with Crippen molar-refractivity contribution in [3.63, 3.8) is 0 Å². The van der Waals surface area contributed by atoms with E-state index in [9.17, 15) is 5.11 Å². The van der Waals surface area contributed by atoms with E-state index < -0.39 is 0 Å². The molecule has 0 aliphatic heterocycles. The van der Waals surface area contributed by atoms with Crippen molar-refractivity contribution in [2.24, 2.45) is 0 Å². The van der Waals surface area contributed by atoms with Crippen LogP contribution < -0.4 is 9.04 Å². The topological polar surface area (TPSA) is 89.4 Å². The summed E-state index contributed by atoms with van der Waals surface area (Å²) in [4.78, 5) is 4.46. The molecule has 0 aliphatic carbocycles. The van der Waals surface area contributed by atoms with Gasteiger partial charge in [0, 0.05) is 51.5 Å². The van der Waals surface area contributed by atoms with Crippen molar-refractivity contribution in [3.05, 3.63) is 83.3 Å². The lowest BCUT2D eigenvalue weighted by molar-refractivity contribution is 0.405. The normalized spacial score (nSPS) is 11.2. The summed E-state index contributed by atoms with van der Waals surface area (Å²) < 4.78 is 14.8. The van der Waals surface area contributed by atoms with Gasteiger partial charge in [0.25, 0.3) is 0 Å². The summed E-state index contributed by atoms with van der Waals surface area (Å²) in [6.07, 6.45) is 7.51. The van der Waals surface area contributed by atoms with Crippen LogP contribution in [-0.2, 0) is 6.42 Å². The molecule has 3 aromatic heterocycles. The second kappa shape index (κ2) is 12.6. The second-order valence-electron chi connectivity index (χ2n) is 7.14. The molecule has 0 fully saturated rings. The van der Waals surface area contributed by atoms with Crippen molar-refractivity contribution >= 4 is 65.7 Å². The number of ether oxygens (including phenoxy) is 1. The Hall–Kier alpha value is -2.61. The molecule has 36 heavy (non-hydrogen) atoms. The van der Waals surface area contributed by atoms with E-state index >= 15 is 0 Å². The molecule has 3 heterocycles. The smallest absolute Gasteiger partial charge is 0.246 e. The number of phenols is 1. The lowest BCUT2D eigenvalue weighted by atomic mass is 10.1. The lowest BCUT2D eigenvalue weighted by Gasteiger charge is -2.21. The minimum Gasteiger partial charge on any atom is -0.506 e. The fourth-order valence-corrected chi connectivity index (χ4v) is 5.11. The van der Waals surface area contributed by atoms with Crippen molar-refractivity contribution < 1.29 is 14.3 Å². The standard InChI is InChI=1S/C24H21ClIN5O3S2/c1-3-16-14-17(25)15-27-18(16)9-12-36-30(10-13-35-26)24-29-28-23(21-8-5-11-34-21)31(24)22-19(32)6-4-7-20(22)33-2/h3-8,10-11,13-15,32H,1,9,12H2,2H3/b13-10+. The maximum absolute atomic E-state index is 10.8. The molecule has 0 aliphatic rings. The highest BCUT2D eigenvalue weighted by molar-refractivity contribution is 14.2. The molecule has 0 saturated carbocycles. The van der Waals surface area contributed by atoms with E-state index in [2.05, 4.69) is 43.0 Å². The quantitative estimate of drug-likeness (QED) is 0.134. The van der Waals surface area contributed by atoms with Crippen LogP contribution in [0.3, 0.4) is 0 Å². The SMILES string of the molecule is C=Cc1cc(Cl)cnc1CCSN(/C=C/SI)c1nnc(-c2ccco2)n1-c1c(O)cccc1OC. The summed E-state index contributed by atoms with van der Waals surface area (Å²) >= 11 is 9.79. The van der Waals surface area contributed by atoms with Crippen LogP contribution >= 0.6 is 53.7 Å². The minimum atomic E-state index is 0.0152. The summed E-state index contributed by atoms with van der Waals surface area (Å²) in [5, 5.41) is 22.2. The van der Waals surface area contributed by atoms with Crippen LogP contribution in [0, 0.1) is 0 Å². The number of halogens is 2. The Morgan fingerprint density at radius 3 is 2.89 bits per heavy atom. The number of aromatic hydroxyl groups is 1. The highest BCUT2D eigenvalue weighted by Crippen LogP contribution is 2.39. The Morgan fingerprint density at radius 1 is 1.31 bits per heavy atom. The second-order valence-corrected chi connectivity index (χ2v) is 10.6. The summed E-state index contributed by atoms with van der Waals surface area (Å²) in [7, 11) is 3.07. The minimum absolute atomic E-state index is 0.0152. The third-order valence-electron chi connectivity index (χ3n) is 5.01. The molecular formula is C24H21ClIN5O3S2. The van der Waals surface area contributed by atoms with Crippen LogP contribution in [0.1, 0.15) is 11.3 Å². The first-order chi connectivity index (χ1) is 17.6. The van der Waals surface area contributed by atoms with Crippen molar-refractivity contribution in [3.8, 4) is 28.8 Å². The van der Waals surface area contributed by atoms with Gasteiger partial charge in [0.05, 0.1) is 18.4 Å². The zero-order chi connectivity index (χ0) is 25.5. The predicted molar refractivity (Wildman–Crippen MR) is 156 cm³/mol. The number of furan rings is 1. The highest BCUT2D eigenvalue weighted by Gasteiger charge is 2.26. The number of hydrogen-bond acceptors (Lipinski definition) is 9. The Labute approximate surface area is 234 Å². The molecule has 0 amide bonds. The van der Waals surface area contributed by atoms with E-state index in [1.165, 1.54) is 20.9 Å². The molecule has 0 unspecified atom stereocenters. The van der Waals surface area contributed by atoms with E-state index in [1.807, 2.05) is 22.0 Å². The molecule has 0 saturated heterocycles. The predicted octanol–water partition coefficient (Wildman–Crippen LogP) is 7.18. The Morgan fingerprint density at radius 2 is 2.17 bits per heavy atom. The van der Waals surface area contributed by atoms with Crippen molar-refractivity contribution in [2.45, 2.75) is 6.42 Å². The summed E-state index contributed by atoms with van der Waals surface area (Å²) in [6, 6.07) is 10.5. The molecular weight excluding hydrogens is 633 g/mol. The van der Waals surface area contributed by atoms with Gasteiger partial charge in [-0.3, -0.25) is 13.9 Å². The molecule has 8 nitrogen and oxygen atoms in total. The van der Waals surface area contributed by atoms with Gasteiger partial charge < -0.3 is 14.3 Å². The average Bonchev–Trinajstić information content (AvgIpc) is 3.57. The summed E-state index contributed by atoms with van der Waals surface area (Å²) in [6.45, 7) is 3.86. The largest absolute Gasteiger partial charge is 0.506 e. The Bertz CT molecular complexity index is 1360. The molecule has 1 aromatic carbocycles. The van der Waals surface area contributed by atoms with E-state index in [1.54, 1.807) is 60.5 Å². The van der Waals surface area contributed by atoms with Gasteiger partial charge >= 0.3 is 0 Å². The van der Waals surface area contributed by atoms with Gasteiger partial charge in [-0.2, -0.15) is 0 Å². The van der Waals surface area contributed by atoms with Gasteiger partial charge in [0.2, 0.25) is 11.8 Å². The fourth-order valence-electron chi connectivity index (χ4n) is 3.45. The Balaban J connectivity index is 1.74. The first-order valence-corrected chi connectivity index (χ1v) is 15.3. The Kier molecular flexibility index (Phi) is 9.24. The van der Waals surface area contributed by atoms with Crippen molar-refractivity contribution in [2.75, 3.05) is 17.2 Å². The maximum Gasteiger partial charge on any atom is 0.246 e. The number of pyridine rings is 1. The molecule has 0 radical (unpaired) electrons. The third-order valence-corrected chi connectivity index (χ3v) is 7.28. The third kappa shape index (κ3) is 5.85. The van der Waals surface area contributed by atoms with Crippen LogP contribution in [-0.4, -0.2) is 37.7 Å². The number of anilines is 1. The molecule has 4 rings (SSSR count). The molecule has 0 spiro atoms.